The number of rotatable bonds is 6. The smallest absolute Gasteiger partial charge is 0.223 e. The molecule has 1 saturated heterocycles. The summed E-state index contributed by atoms with van der Waals surface area (Å²) in [6, 6.07) is 12.4. The van der Waals surface area contributed by atoms with Crippen molar-refractivity contribution in [3.05, 3.63) is 60.4 Å². The molecule has 4 rings (SSSR count). The Bertz CT molecular complexity index is 1220. The number of nitrogens with zero attached hydrogens (tertiary/aromatic N) is 5. The van der Waals surface area contributed by atoms with E-state index in [1.165, 1.54) is 39.6 Å². The highest BCUT2D eigenvalue weighted by atomic mass is 32.2. The highest BCUT2D eigenvalue weighted by Gasteiger charge is 2.26. The zero-order valence-electron chi connectivity index (χ0n) is 16.8. The summed E-state index contributed by atoms with van der Waals surface area (Å²) in [4.78, 5) is 0.214. The Morgan fingerprint density at radius 1 is 0.774 bits per heavy atom. The fraction of sp³-hybridized carbons (Fsp3) is 0.350. The van der Waals surface area contributed by atoms with Crippen molar-refractivity contribution >= 4 is 19.9 Å². The summed E-state index contributed by atoms with van der Waals surface area (Å²) < 4.78 is 54.4. The minimum atomic E-state index is -3.63. The van der Waals surface area contributed by atoms with Crippen LogP contribution in [0.3, 0.4) is 0 Å². The Morgan fingerprint density at radius 2 is 1.39 bits per heavy atom. The second-order valence-electron chi connectivity index (χ2n) is 7.47. The first kappa shape index (κ1) is 21.6. The molecule has 0 amide bonds. The van der Waals surface area contributed by atoms with Crippen LogP contribution in [-0.4, -0.2) is 54.4 Å². The van der Waals surface area contributed by atoms with Gasteiger partial charge in [-0.05, 0) is 65.2 Å². The fourth-order valence-corrected chi connectivity index (χ4v) is 6.44. The molecule has 3 aromatic rings. The van der Waals surface area contributed by atoms with E-state index in [0.29, 0.717) is 24.3 Å². The lowest BCUT2D eigenvalue weighted by molar-refractivity contribution is 0.423. The van der Waals surface area contributed by atoms with Crippen molar-refractivity contribution in [2.75, 3.05) is 13.1 Å². The van der Waals surface area contributed by atoms with Gasteiger partial charge in [-0.1, -0.05) is 25.0 Å². The summed E-state index contributed by atoms with van der Waals surface area (Å²) in [6.07, 6.45) is 5.20. The minimum Gasteiger partial charge on any atom is -0.223 e. The first-order valence-corrected chi connectivity index (χ1v) is 13.1. The molecule has 0 atom stereocenters. The zero-order chi connectivity index (χ0) is 21.9. The number of sulfonamides is 1. The molecule has 1 aromatic heterocycles. The highest BCUT2D eigenvalue weighted by molar-refractivity contribution is 7.90. The molecule has 2 aromatic carbocycles. The Kier molecular flexibility index (Phi) is 6.17. The van der Waals surface area contributed by atoms with Gasteiger partial charge in [-0.25, -0.2) is 21.5 Å². The number of sulfone groups is 1. The monoisotopic (exact) mass is 461 g/mol. The Morgan fingerprint density at radius 3 is 1.97 bits per heavy atom. The Hall–Kier alpha value is -2.63. The molecule has 0 bridgehead atoms. The molecule has 0 saturated carbocycles. The maximum Gasteiger partial charge on any atom is 0.243 e. The van der Waals surface area contributed by atoms with Crippen LogP contribution in [0.25, 0.3) is 5.69 Å². The van der Waals surface area contributed by atoms with Gasteiger partial charge in [-0.2, -0.15) is 4.31 Å². The maximum atomic E-state index is 12.9. The lowest BCUT2D eigenvalue weighted by Gasteiger charge is -2.20. The highest BCUT2D eigenvalue weighted by Crippen LogP contribution is 2.23. The maximum absolute atomic E-state index is 12.9. The van der Waals surface area contributed by atoms with Crippen molar-refractivity contribution in [3.8, 4) is 5.69 Å². The molecule has 0 N–H and O–H groups in total. The molecule has 9 nitrogen and oxygen atoms in total. The van der Waals surface area contributed by atoms with Gasteiger partial charge in [0.25, 0.3) is 0 Å². The first-order chi connectivity index (χ1) is 14.9. The van der Waals surface area contributed by atoms with E-state index in [-0.39, 0.29) is 15.5 Å². The topological polar surface area (TPSA) is 115 Å². The molecule has 0 aliphatic carbocycles. The summed E-state index contributed by atoms with van der Waals surface area (Å²) in [5.74, 6) is -0.193. The first-order valence-electron chi connectivity index (χ1n) is 10.0. The third-order valence-corrected chi connectivity index (χ3v) is 8.91. The molecule has 1 fully saturated rings. The number of hydrogen-bond acceptors (Lipinski definition) is 7. The lowest BCUT2D eigenvalue weighted by Crippen LogP contribution is -2.31. The predicted octanol–water partition coefficient (Wildman–Crippen LogP) is 2.20. The summed E-state index contributed by atoms with van der Waals surface area (Å²) >= 11 is 0. The van der Waals surface area contributed by atoms with Gasteiger partial charge in [-0.3, -0.25) is 0 Å². The van der Waals surface area contributed by atoms with Crippen LogP contribution in [0.2, 0.25) is 0 Å². The van der Waals surface area contributed by atoms with Crippen molar-refractivity contribution in [1.82, 2.24) is 24.5 Å². The summed E-state index contributed by atoms with van der Waals surface area (Å²) in [7, 11) is -7.24. The second kappa shape index (κ2) is 8.85. The average Bonchev–Trinajstić information content (AvgIpc) is 3.15. The SMILES string of the molecule is O=S(=O)(Cc1ccc(-n2cnnn2)cc1)c1ccc(S(=O)(=O)N2CCCCCC2)cc1. The lowest BCUT2D eigenvalue weighted by atomic mass is 10.2. The quantitative estimate of drug-likeness (QED) is 0.553. The summed E-state index contributed by atoms with van der Waals surface area (Å²) in [5.41, 5.74) is 1.33. The predicted molar refractivity (Wildman–Crippen MR) is 114 cm³/mol. The third-order valence-electron chi connectivity index (χ3n) is 5.29. The third kappa shape index (κ3) is 4.83. The van der Waals surface area contributed by atoms with E-state index >= 15 is 0 Å². The normalized spacial score (nSPS) is 16.1. The van der Waals surface area contributed by atoms with Crippen molar-refractivity contribution in [3.63, 3.8) is 0 Å². The van der Waals surface area contributed by atoms with Gasteiger partial charge in [0.15, 0.2) is 9.84 Å². The van der Waals surface area contributed by atoms with Gasteiger partial charge in [0.05, 0.1) is 21.2 Å². The van der Waals surface area contributed by atoms with Crippen LogP contribution in [0.15, 0.2) is 64.6 Å². The van der Waals surface area contributed by atoms with Crippen LogP contribution in [0.1, 0.15) is 31.2 Å². The zero-order valence-corrected chi connectivity index (χ0v) is 18.5. The van der Waals surface area contributed by atoms with E-state index in [1.807, 2.05) is 0 Å². The van der Waals surface area contributed by atoms with Crippen LogP contribution in [0.5, 0.6) is 0 Å². The van der Waals surface area contributed by atoms with Crippen LogP contribution in [0.4, 0.5) is 0 Å². The molecule has 164 valence electrons. The van der Waals surface area contributed by atoms with Crippen LogP contribution in [-0.2, 0) is 25.6 Å². The van der Waals surface area contributed by atoms with E-state index in [0.717, 1.165) is 25.7 Å². The van der Waals surface area contributed by atoms with Crippen LogP contribution >= 0.6 is 0 Å². The molecule has 1 aliphatic heterocycles. The van der Waals surface area contributed by atoms with Crippen molar-refractivity contribution in [1.29, 1.82) is 0 Å². The van der Waals surface area contributed by atoms with Gasteiger partial charge in [0.1, 0.15) is 6.33 Å². The van der Waals surface area contributed by atoms with Gasteiger partial charge in [0.2, 0.25) is 10.0 Å². The molecular formula is C20H23N5O4S2. The fourth-order valence-electron chi connectivity index (χ4n) is 3.58. The standard InChI is InChI=1S/C20H23N5O4S2/c26-30(27,15-17-5-7-18(8-6-17)25-16-21-22-23-25)19-9-11-20(12-10-19)31(28,29)24-13-3-1-2-4-14-24/h5-12,16H,1-4,13-15H2. The van der Waals surface area contributed by atoms with Gasteiger partial charge < -0.3 is 0 Å². The van der Waals surface area contributed by atoms with E-state index in [1.54, 1.807) is 24.3 Å². The van der Waals surface area contributed by atoms with Crippen molar-refractivity contribution in [2.45, 2.75) is 41.2 Å². The molecule has 11 heteroatoms. The van der Waals surface area contributed by atoms with E-state index in [2.05, 4.69) is 15.5 Å². The van der Waals surface area contributed by atoms with Gasteiger partial charge >= 0.3 is 0 Å². The molecule has 31 heavy (non-hydrogen) atoms. The summed E-state index contributed by atoms with van der Waals surface area (Å²) in [5, 5.41) is 10.9. The van der Waals surface area contributed by atoms with Crippen molar-refractivity contribution in [2.24, 2.45) is 0 Å². The largest absolute Gasteiger partial charge is 0.243 e. The molecule has 0 unspecified atom stereocenters. The van der Waals surface area contributed by atoms with Crippen molar-refractivity contribution < 1.29 is 16.8 Å². The molecule has 0 radical (unpaired) electrons. The molecular weight excluding hydrogens is 438 g/mol. The second-order valence-corrected chi connectivity index (χ2v) is 11.4. The number of benzene rings is 2. The molecule has 1 aliphatic rings. The van der Waals surface area contributed by atoms with E-state index in [9.17, 15) is 16.8 Å². The van der Waals surface area contributed by atoms with Crippen LogP contribution < -0.4 is 0 Å². The average molecular weight is 462 g/mol. The Labute approximate surface area is 181 Å². The van der Waals surface area contributed by atoms with Crippen LogP contribution in [0, 0.1) is 0 Å². The van der Waals surface area contributed by atoms with E-state index in [4.69, 9.17) is 0 Å². The minimum absolute atomic E-state index is 0.0897. The van der Waals surface area contributed by atoms with E-state index < -0.39 is 19.9 Å². The molecule has 0 spiro atoms. The number of aromatic nitrogens is 4. The Balaban J connectivity index is 1.50. The summed E-state index contributed by atoms with van der Waals surface area (Å²) in [6.45, 7) is 1.01. The molecule has 2 heterocycles. The van der Waals surface area contributed by atoms with Gasteiger partial charge in [0, 0.05) is 13.1 Å². The van der Waals surface area contributed by atoms with Gasteiger partial charge in [-0.15, -0.1) is 5.10 Å². The number of hydrogen-bond donors (Lipinski definition) is 0. The number of tetrazole rings is 1.